The number of hydrogen-bond donors (Lipinski definition) is 3. The number of guanidine groups is 1. The Balaban J connectivity index is 0.00000400. The minimum Gasteiger partial charge on any atom is -0.508 e. The molecule has 21 heavy (non-hydrogen) atoms. The van der Waals surface area contributed by atoms with E-state index in [2.05, 4.69) is 36.4 Å². The summed E-state index contributed by atoms with van der Waals surface area (Å²) in [5.74, 6) is 1.80. The van der Waals surface area contributed by atoms with Crippen LogP contribution in [0.4, 0.5) is 0 Å². The van der Waals surface area contributed by atoms with Crippen LogP contribution in [-0.4, -0.2) is 24.2 Å². The molecule has 120 valence electrons. The lowest BCUT2D eigenvalue weighted by molar-refractivity contribution is 0.474. The van der Waals surface area contributed by atoms with Crippen molar-refractivity contribution in [1.82, 2.24) is 10.6 Å². The third-order valence-electron chi connectivity index (χ3n) is 3.39. The van der Waals surface area contributed by atoms with E-state index < -0.39 is 0 Å². The van der Waals surface area contributed by atoms with Crippen LogP contribution < -0.4 is 10.6 Å². The van der Waals surface area contributed by atoms with Crippen LogP contribution >= 0.6 is 24.0 Å². The fourth-order valence-electron chi connectivity index (χ4n) is 1.99. The number of aliphatic imine (C=N–C) groups is 1. The molecule has 3 N–H and O–H groups in total. The standard InChI is InChI=1S/C16H27N3O.HI/c1-4-13(5-2)11-18-16(17-6-3)19-12-14-8-7-9-15(20)10-14;/h7-10,13,20H,4-6,11-12H2,1-3H3,(H2,17,18,19);1H. The summed E-state index contributed by atoms with van der Waals surface area (Å²) in [5, 5.41) is 16.1. The van der Waals surface area contributed by atoms with Crippen molar-refractivity contribution >= 4 is 29.9 Å². The molecule has 0 radical (unpaired) electrons. The average Bonchev–Trinajstić information content (AvgIpc) is 2.45. The fourth-order valence-corrected chi connectivity index (χ4v) is 1.99. The van der Waals surface area contributed by atoms with Crippen LogP contribution in [0.15, 0.2) is 29.3 Å². The molecule has 0 heterocycles. The zero-order chi connectivity index (χ0) is 14.8. The molecule has 1 aromatic rings. The molecule has 4 nitrogen and oxygen atoms in total. The lowest BCUT2D eigenvalue weighted by atomic mass is 10.0. The van der Waals surface area contributed by atoms with Gasteiger partial charge in [-0.1, -0.05) is 38.8 Å². The summed E-state index contributed by atoms with van der Waals surface area (Å²) in [7, 11) is 0. The van der Waals surface area contributed by atoms with Crippen LogP contribution in [0.3, 0.4) is 0 Å². The zero-order valence-electron chi connectivity index (χ0n) is 13.2. The van der Waals surface area contributed by atoms with Gasteiger partial charge in [0.25, 0.3) is 0 Å². The number of nitrogens with zero attached hydrogens (tertiary/aromatic N) is 1. The highest BCUT2D eigenvalue weighted by atomic mass is 127. The summed E-state index contributed by atoms with van der Waals surface area (Å²) in [4.78, 5) is 4.55. The van der Waals surface area contributed by atoms with Crippen molar-refractivity contribution in [2.24, 2.45) is 10.9 Å². The van der Waals surface area contributed by atoms with Gasteiger partial charge in [-0.05, 0) is 30.5 Å². The van der Waals surface area contributed by atoms with E-state index in [-0.39, 0.29) is 29.7 Å². The van der Waals surface area contributed by atoms with Crippen molar-refractivity contribution in [3.05, 3.63) is 29.8 Å². The Morgan fingerprint density at radius 2 is 1.90 bits per heavy atom. The molecular formula is C16H28IN3O. The largest absolute Gasteiger partial charge is 0.508 e. The normalized spacial score (nSPS) is 11.1. The van der Waals surface area contributed by atoms with Crippen molar-refractivity contribution in [2.45, 2.75) is 40.2 Å². The van der Waals surface area contributed by atoms with Gasteiger partial charge in [0.05, 0.1) is 6.54 Å². The van der Waals surface area contributed by atoms with Gasteiger partial charge < -0.3 is 15.7 Å². The quantitative estimate of drug-likeness (QED) is 0.370. The SMILES string of the molecule is CCNC(=NCc1cccc(O)c1)NCC(CC)CC.I. The monoisotopic (exact) mass is 405 g/mol. The number of phenols is 1. The summed E-state index contributed by atoms with van der Waals surface area (Å²) in [6.45, 7) is 8.84. The van der Waals surface area contributed by atoms with E-state index in [1.54, 1.807) is 12.1 Å². The molecule has 1 rings (SSSR count). The Morgan fingerprint density at radius 1 is 1.19 bits per heavy atom. The summed E-state index contributed by atoms with van der Waals surface area (Å²) in [6, 6.07) is 7.22. The highest BCUT2D eigenvalue weighted by Gasteiger charge is 2.04. The maximum absolute atomic E-state index is 9.44. The lowest BCUT2D eigenvalue weighted by Gasteiger charge is -2.16. The number of nitrogens with one attached hydrogen (secondary N) is 2. The smallest absolute Gasteiger partial charge is 0.191 e. The van der Waals surface area contributed by atoms with Gasteiger partial charge in [-0.25, -0.2) is 4.99 Å². The number of rotatable bonds is 7. The molecule has 5 heteroatoms. The Hall–Kier alpha value is -0.980. The number of hydrogen-bond acceptors (Lipinski definition) is 2. The number of phenolic OH excluding ortho intramolecular Hbond substituents is 1. The van der Waals surface area contributed by atoms with Gasteiger partial charge in [0.2, 0.25) is 0 Å². The second kappa shape index (κ2) is 11.7. The van der Waals surface area contributed by atoms with E-state index >= 15 is 0 Å². The molecule has 0 fully saturated rings. The molecule has 1 aromatic carbocycles. The van der Waals surface area contributed by atoms with E-state index in [4.69, 9.17) is 0 Å². The molecule has 0 amide bonds. The molecule has 0 atom stereocenters. The molecule has 0 aromatic heterocycles. The number of benzene rings is 1. The van der Waals surface area contributed by atoms with E-state index in [0.29, 0.717) is 12.5 Å². The van der Waals surface area contributed by atoms with Gasteiger partial charge in [-0.15, -0.1) is 24.0 Å². The summed E-state index contributed by atoms with van der Waals surface area (Å²) in [6.07, 6.45) is 2.35. The molecule has 0 aliphatic heterocycles. The fraction of sp³-hybridized carbons (Fsp3) is 0.562. The highest BCUT2D eigenvalue weighted by Crippen LogP contribution is 2.11. The number of halogens is 1. The first-order valence-corrected chi connectivity index (χ1v) is 7.49. The van der Waals surface area contributed by atoms with Crippen LogP contribution in [0.2, 0.25) is 0 Å². The third-order valence-corrected chi connectivity index (χ3v) is 3.39. The highest BCUT2D eigenvalue weighted by molar-refractivity contribution is 14.0. The van der Waals surface area contributed by atoms with Crippen molar-refractivity contribution in [3.63, 3.8) is 0 Å². The average molecular weight is 405 g/mol. The van der Waals surface area contributed by atoms with Crippen molar-refractivity contribution < 1.29 is 5.11 Å². The molecule has 0 saturated heterocycles. The number of aromatic hydroxyl groups is 1. The first-order valence-electron chi connectivity index (χ1n) is 7.49. The maximum Gasteiger partial charge on any atom is 0.191 e. The van der Waals surface area contributed by atoms with Gasteiger partial charge >= 0.3 is 0 Å². The van der Waals surface area contributed by atoms with Gasteiger partial charge in [-0.3, -0.25) is 0 Å². The zero-order valence-corrected chi connectivity index (χ0v) is 15.6. The Kier molecular flexibility index (Phi) is 11.1. The molecule has 0 bridgehead atoms. The molecule has 0 aliphatic carbocycles. The second-order valence-electron chi connectivity index (χ2n) is 4.93. The van der Waals surface area contributed by atoms with E-state index in [9.17, 15) is 5.11 Å². The minimum absolute atomic E-state index is 0. The predicted molar refractivity (Wildman–Crippen MR) is 100 cm³/mol. The first-order chi connectivity index (χ1) is 9.69. The minimum atomic E-state index is 0. The van der Waals surface area contributed by atoms with E-state index in [1.807, 2.05) is 12.1 Å². The van der Waals surface area contributed by atoms with Crippen LogP contribution in [-0.2, 0) is 6.54 Å². The molecule has 0 aliphatic rings. The molecule has 0 unspecified atom stereocenters. The first kappa shape index (κ1) is 20.0. The van der Waals surface area contributed by atoms with E-state index in [0.717, 1.165) is 24.6 Å². The molecular weight excluding hydrogens is 377 g/mol. The van der Waals surface area contributed by atoms with Gasteiger partial charge in [0.15, 0.2) is 5.96 Å². The van der Waals surface area contributed by atoms with Gasteiger partial charge in [-0.2, -0.15) is 0 Å². The van der Waals surface area contributed by atoms with Crippen LogP contribution in [0.25, 0.3) is 0 Å². The third kappa shape index (κ3) is 8.14. The lowest BCUT2D eigenvalue weighted by Crippen LogP contribution is -2.39. The maximum atomic E-state index is 9.44. The van der Waals surface area contributed by atoms with Crippen LogP contribution in [0.5, 0.6) is 5.75 Å². The Morgan fingerprint density at radius 3 is 2.48 bits per heavy atom. The van der Waals surface area contributed by atoms with E-state index in [1.165, 1.54) is 12.8 Å². The summed E-state index contributed by atoms with van der Waals surface area (Å²) >= 11 is 0. The van der Waals surface area contributed by atoms with Crippen molar-refractivity contribution in [2.75, 3.05) is 13.1 Å². The molecule has 0 spiro atoms. The van der Waals surface area contributed by atoms with Crippen molar-refractivity contribution in [1.29, 1.82) is 0 Å². The van der Waals surface area contributed by atoms with Gasteiger partial charge in [0, 0.05) is 13.1 Å². The Bertz CT molecular complexity index is 420. The van der Waals surface area contributed by atoms with Crippen LogP contribution in [0.1, 0.15) is 39.2 Å². The van der Waals surface area contributed by atoms with Crippen molar-refractivity contribution in [3.8, 4) is 5.75 Å². The Labute approximate surface area is 145 Å². The predicted octanol–water partition coefficient (Wildman–Crippen LogP) is 3.50. The van der Waals surface area contributed by atoms with Gasteiger partial charge in [0.1, 0.15) is 5.75 Å². The topological polar surface area (TPSA) is 56.7 Å². The summed E-state index contributed by atoms with van der Waals surface area (Å²) < 4.78 is 0. The molecule has 0 saturated carbocycles. The summed E-state index contributed by atoms with van der Waals surface area (Å²) in [5.41, 5.74) is 1.00. The van der Waals surface area contributed by atoms with Crippen LogP contribution in [0, 0.1) is 5.92 Å². The second-order valence-corrected chi connectivity index (χ2v) is 4.93.